The van der Waals surface area contributed by atoms with Crippen molar-refractivity contribution in [2.75, 3.05) is 19.8 Å². The van der Waals surface area contributed by atoms with Crippen molar-refractivity contribution in [2.45, 2.75) is 46.0 Å². The maximum atomic E-state index is 10.4. The van der Waals surface area contributed by atoms with Gasteiger partial charge < -0.3 is 9.47 Å². The predicted molar refractivity (Wildman–Crippen MR) is 56.2 cm³/mol. The van der Waals surface area contributed by atoms with E-state index in [2.05, 4.69) is 6.92 Å². The van der Waals surface area contributed by atoms with Gasteiger partial charge in [0.1, 0.15) is 0 Å². The monoisotopic (exact) mass is 202 g/mol. The topological polar surface area (TPSA) is 35.5 Å². The summed E-state index contributed by atoms with van der Waals surface area (Å²) in [5, 5.41) is 0. The molecular weight excluding hydrogens is 180 g/mol. The molecule has 0 aliphatic heterocycles. The maximum absolute atomic E-state index is 10.4. The van der Waals surface area contributed by atoms with Crippen LogP contribution in [0.5, 0.6) is 0 Å². The molecule has 0 atom stereocenters. The van der Waals surface area contributed by atoms with Crippen molar-refractivity contribution in [2.24, 2.45) is 0 Å². The first kappa shape index (κ1) is 13.4. The van der Waals surface area contributed by atoms with Crippen LogP contribution in [0.4, 0.5) is 0 Å². The highest BCUT2D eigenvalue weighted by atomic mass is 16.5. The summed E-state index contributed by atoms with van der Waals surface area (Å²) >= 11 is 0. The van der Waals surface area contributed by atoms with Gasteiger partial charge in [-0.1, -0.05) is 13.3 Å². The van der Waals surface area contributed by atoms with Crippen LogP contribution in [0.2, 0.25) is 0 Å². The molecule has 84 valence electrons. The second-order valence-corrected chi connectivity index (χ2v) is 3.37. The van der Waals surface area contributed by atoms with Crippen LogP contribution >= 0.6 is 0 Å². The number of ether oxygens (including phenoxy) is 2. The number of hydrogen-bond acceptors (Lipinski definition) is 3. The standard InChI is InChI=1S/C11H22O3/c1-3-8-13-9-6-4-5-7-10-14-11(2)12/h3-10H2,1-2H3. The van der Waals surface area contributed by atoms with Gasteiger partial charge in [-0.3, -0.25) is 4.79 Å². The van der Waals surface area contributed by atoms with Crippen molar-refractivity contribution in [3.05, 3.63) is 0 Å². The van der Waals surface area contributed by atoms with Crippen LogP contribution in [-0.4, -0.2) is 25.8 Å². The van der Waals surface area contributed by atoms with Crippen molar-refractivity contribution < 1.29 is 14.3 Å². The van der Waals surface area contributed by atoms with Crippen LogP contribution in [0, 0.1) is 0 Å². The summed E-state index contributed by atoms with van der Waals surface area (Å²) in [5.74, 6) is -0.184. The Morgan fingerprint density at radius 1 is 1.00 bits per heavy atom. The molecule has 0 fully saturated rings. The molecule has 0 spiro atoms. The minimum Gasteiger partial charge on any atom is -0.466 e. The van der Waals surface area contributed by atoms with Gasteiger partial charge in [-0.15, -0.1) is 0 Å². The van der Waals surface area contributed by atoms with Gasteiger partial charge in [-0.05, 0) is 25.7 Å². The first-order chi connectivity index (χ1) is 6.77. The molecule has 0 unspecified atom stereocenters. The average Bonchev–Trinajstić information content (AvgIpc) is 2.15. The zero-order valence-corrected chi connectivity index (χ0v) is 9.38. The lowest BCUT2D eigenvalue weighted by Crippen LogP contribution is -2.00. The molecule has 0 heterocycles. The summed E-state index contributed by atoms with van der Waals surface area (Å²) < 4.78 is 10.2. The van der Waals surface area contributed by atoms with E-state index in [1.165, 1.54) is 6.92 Å². The van der Waals surface area contributed by atoms with Gasteiger partial charge in [-0.2, -0.15) is 0 Å². The molecular formula is C11H22O3. The molecule has 0 saturated carbocycles. The Bertz CT molecular complexity index is 134. The Hall–Kier alpha value is -0.570. The molecule has 0 aromatic heterocycles. The zero-order valence-electron chi connectivity index (χ0n) is 9.38. The molecule has 0 amide bonds. The number of unbranched alkanes of at least 4 members (excludes halogenated alkanes) is 3. The minimum atomic E-state index is -0.184. The van der Waals surface area contributed by atoms with Crippen LogP contribution in [0.15, 0.2) is 0 Å². The number of hydrogen-bond donors (Lipinski definition) is 0. The van der Waals surface area contributed by atoms with Gasteiger partial charge in [-0.25, -0.2) is 0 Å². The van der Waals surface area contributed by atoms with Gasteiger partial charge in [0.05, 0.1) is 6.61 Å². The van der Waals surface area contributed by atoms with E-state index in [0.717, 1.165) is 45.3 Å². The van der Waals surface area contributed by atoms with Gasteiger partial charge in [0.15, 0.2) is 0 Å². The quantitative estimate of drug-likeness (QED) is 0.426. The molecule has 0 aliphatic carbocycles. The molecule has 0 saturated heterocycles. The van der Waals surface area contributed by atoms with Gasteiger partial charge in [0.2, 0.25) is 0 Å². The highest BCUT2D eigenvalue weighted by Crippen LogP contribution is 2.00. The first-order valence-electron chi connectivity index (χ1n) is 5.48. The third-order valence-electron chi connectivity index (χ3n) is 1.84. The zero-order chi connectivity index (χ0) is 10.6. The van der Waals surface area contributed by atoms with E-state index in [4.69, 9.17) is 9.47 Å². The SMILES string of the molecule is CCCOCCCCCCOC(C)=O. The molecule has 0 aliphatic rings. The lowest BCUT2D eigenvalue weighted by molar-refractivity contribution is -0.141. The summed E-state index contributed by atoms with van der Waals surface area (Å²) in [6, 6.07) is 0. The Morgan fingerprint density at radius 3 is 2.21 bits per heavy atom. The molecule has 3 nitrogen and oxygen atoms in total. The number of carbonyl (C=O) groups excluding carboxylic acids is 1. The normalized spacial score (nSPS) is 10.1. The van der Waals surface area contributed by atoms with E-state index in [1.54, 1.807) is 0 Å². The lowest BCUT2D eigenvalue weighted by atomic mass is 10.2. The highest BCUT2D eigenvalue weighted by molar-refractivity contribution is 5.65. The lowest BCUT2D eigenvalue weighted by Gasteiger charge is -2.03. The Kier molecular flexibility index (Phi) is 10.1. The molecule has 3 heteroatoms. The largest absolute Gasteiger partial charge is 0.466 e. The molecule has 0 N–H and O–H groups in total. The predicted octanol–water partition coefficient (Wildman–Crippen LogP) is 2.54. The molecule has 0 radical (unpaired) electrons. The minimum absolute atomic E-state index is 0.184. The maximum Gasteiger partial charge on any atom is 0.302 e. The third-order valence-corrected chi connectivity index (χ3v) is 1.84. The fourth-order valence-electron chi connectivity index (χ4n) is 1.12. The Morgan fingerprint density at radius 2 is 1.64 bits per heavy atom. The van der Waals surface area contributed by atoms with Crippen molar-refractivity contribution >= 4 is 5.97 Å². The fourth-order valence-corrected chi connectivity index (χ4v) is 1.12. The number of carbonyl (C=O) groups is 1. The van der Waals surface area contributed by atoms with E-state index in [1.807, 2.05) is 0 Å². The average molecular weight is 202 g/mol. The van der Waals surface area contributed by atoms with E-state index >= 15 is 0 Å². The van der Waals surface area contributed by atoms with E-state index in [9.17, 15) is 4.79 Å². The van der Waals surface area contributed by atoms with Crippen LogP contribution in [0.25, 0.3) is 0 Å². The second kappa shape index (κ2) is 10.5. The van der Waals surface area contributed by atoms with Crippen LogP contribution in [-0.2, 0) is 14.3 Å². The summed E-state index contributed by atoms with van der Waals surface area (Å²) in [6.07, 6.45) is 5.44. The van der Waals surface area contributed by atoms with Gasteiger partial charge >= 0.3 is 5.97 Å². The summed E-state index contributed by atoms with van der Waals surface area (Å²) in [4.78, 5) is 10.4. The molecule has 0 aromatic carbocycles. The van der Waals surface area contributed by atoms with Crippen LogP contribution in [0.3, 0.4) is 0 Å². The van der Waals surface area contributed by atoms with Gasteiger partial charge in [0.25, 0.3) is 0 Å². The van der Waals surface area contributed by atoms with E-state index in [-0.39, 0.29) is 5.97 Å². The van der Waals surface area contributed by atoms with Crippen LogP contribution in [0.1, 0.15) is 46.0 Å². The van der Waals surface area contributed by atoms with Crippen molar-refractivity contribution in [3.8, 4) is 0 Å². The third kappa shape index (κ3) is 11.4. The fraction of sp³-hybridized carbons (Fsp3) is 0.909. The Balaban J connectivity index is 2.88. The molecule has 14 heavy (non-hydrogen) atoms. The summed E-state index contributed by atoms with van der Waals surface area (Å²) in [7, 11) is 0. The van der Waals surface area contributed by atoms with Crippen molar-refractivity contribution in [3.63, 3.8) is 0 Å². The summed E-state index contributed by atoms with van der Waals surface area (Å²) in [5.41, 5.74) is 0. The van der Waals surface area contributed by atoms with E-state index in [0.29, 0.717) is 6.61 Å². The van der Waals surface area contributed by atoms with Crippen LogP contribution < -0.4 is 0 Å². The van der Waals surface area contributed by atoms with E-state index < -0.39 is 0 Å². The number of rotatable bonds is 9. The smallest absolute Gasteiger partial charge is 0.302 e. The van der Waals surface area contributed by atoms with Crippen molar-refractivity contribution in [1.29, 1.82) is 0 Å². The molecule has 0 aromatic rings. The van der Waals surface area contributed by atoms with Gasteiger partial charge in [0, 0.05) is 20.1 Å². The Labute approximate surface area is 86.8 Å². The summed E-state index contributed by atoms with van der Waals surface area (Å²) in [6.45, 7) is 5.84. The van der Waals surface area contributed by atoms with Crippen molar-refractivity contribution in [1.82, 2.24) is 0 Å². The first-order valence-corrected chi connectivity index (χ1v) is 5.48. The molecule has 0 rings (SSSR count). The highest BCUT2D eigenvalue weighted by Gasteiger charge is 1.93. The number of esters is 1. The molecule has 0 bridgehead atoms. The second-order valence-electron chi connectivity index (χ2n) is 3.37.